The largest absolute Gasteiger partial charge is 0.478 e. The van der Waals surface area contributed by atoms with Crippen LogP contribution in [0.2, 0.25) is 0 Å². The molecule has 1 aliphatic carbocycles. The molecule has 4 atom stereocenters. The molecule has 148 valence electrons. The average Bonchev–Trinajstić information content (AvgIpc) is 2.69. The third-order valence-corrected chi connectivity index (χ3v) is 6.66. The number of rotatable bonds is 7. The number of aliphatic hydroxyl groups is 1. The third kappa shape index (κ3) is 5.35. The molecule has 1 saturated heterocycles. The summed E-state index contributed by atoms with van der Waals surface area (Å²) >= 11 is 0. The summed E-state index contributed by atoms with van der Waals surface area (Å²) in [6, 6.07) is 6.94. The molecule has 6 nitrogen and oxygen atoms in total. The number of hydrogen-bond donors (Lipinski definition) is 3. The summed E-state index contributed by atoms with van der Waals surface area (Å²) in [5.74, 6) is -0.515. The van der Waals surface area contributed by atoms with E-state index < -0.39 is 25.9 Å². The van der Waals surface area contributed by atoms with E-state index in [1.807, 2.05) is 6.07 Å². The van der Waals surface area contributed by atoms with E-state index in [9.17, 15) is 14.5 Å². The quantitative estimate of drug-likeness (QED) is 0.616. The lowest BCUT2D eigenvalue weighted by Gasteiger charge is -2.36. The summed E-state index contributed by atoms with van der Waals surface area (Å²) in [6.45, 7) is 0.848. The van der Waals surface area contributed by atoms with Gasteiger partial charge >= 0.3 is 14.4 Å². The van der Waals surface area contributed by atoms with E-state index in [0.29, 0.717) is 31.9 Å². The number of nitrogens with one attached hydrogen (secondary N) is 1. The molecule has 1 saturated carbocycles. The van der Waals surface area contributed by atoms with E-state index >= 15 is 0 Å². The van der Waals surface area contributed by atoms with Crippen molar-refractivity contribution in [1.29, 1.82) is 0 Å². The summed E-state index contributed by atoms with van der Waals surface area (Å²) in [4.78, 5) is 11.1. The highest BCUT2D eigenvalue weighted by molar-refractivity contribution is 7.25. The van der Waals surface area contributed by atoms with Gasteiger partial charge in [0.1, 0.15) is 6.10 Å². The van der Waals surface area contributed by atoms with Gasteiger partial charge in [-0.2, -0.15) is 0 Å². The van der Waals surface area contributed by atoms with Crippen LogP contribution in [-0.4, -0.2) is 46.8 Å². The van der Waals surface area contributed by atoms with Crippen molar-refractivity contribution in [2.75, 3.05) is 13.2 Å². The van der Waals surface area contributed by atoms with Gasteiger partial charge in [-0.1, -0.05) is 48.8 Å². The lowest BCUT2D eigenvalue weighted by atomic mass is 9.84. The molecule has 1 aromatic rings. The summed E-state index contributed by atoms with van der Waals surface area (Å²) in [5, 5.41) is 22.1. The van der Waals surface area contributed by atoms with E-state index in [0.717, 1.165) is 18.4 Å². The average molecular weight is 394 g/mol. The van der Waals surface area contributed by atoms with Crippen LogP contribution in [0.1, 0.15) is 54.4 Å². The second kappa shape index (κ2) is 9.24. The molecule has 2 unspecified atom stereocenters. The molecule has 1 aliphatic heterocycles. The van der Waals surface area contributed by atoms with Gasteiger partial charge in [0.15, 0.2) is 0 Å². The standard InChI is InChI=1S/C20H28NO5P/c22-19(23)16-8-4-7-15(9-16)10-17-13-26-18(12-21-17)20(24,27-25)11-14-5-2-1-3-6-14/h4,7-9,14,17-18,21,24H,1-3,5-6,10-13H2,(H,22,23)/p+1/t17-,18+,20?/m1/s1. The van der Waals surface area contributed by atoms with Crippen LogP contribution in [0.3, 0.4) is 0 Å². The van der Waals surface area contributed by atoms with Crippen LogP contribution in [0.5, 0.6) is 0 Å². The second-order valence-electron chi connectivity index (χ2n) is 7.87. The SMILES string of the molecule is O=[PH+]C(O)(CC1CCCCC1)[C@@H]1CN[C@H](Cc2cccc(C(=O)O)c2)CO1. The number of benzene rings is 1. The Balaban J connectivity index is 1.54. The Morgan fingerprint density at radius 1 is 1.30 bits per heavy atom. The highest BCUT2D eigenvalue weighted by atomic mass is 31.1. The first-order valence-corrected chi connectivity index (χ1v) is 10.7. The Labute approximate surface area is 161 Å². The maximum Gasteiger partial charge on any atom is 0.362 e. The molecule has 0 bridgehead atoms. The van der Waals surface area contributed by atoms with Crippen LogP contribution in [0.25, 0.3) is 0 Å². The predicted molar refractivity (Wildman–Crippen MR) is 104 cm³/mol. The van der Waals surface area contributed by atoms with E-state index in [-0.39, 0.29) is 11.6 Å². The molecule has 7 heteroatoms. The topological polar surface area (TPSA) is 95.9 Å². The molecule has 2 aliphatic rings. The highest BCUT2D eigenvalue weighted by Crippen LogP contribution is 2.39. The van der Waals surface area contributed by atoms with Crippen molar-refractivity contribution in [3.8, 4) is 0 Å². The molecular weight excluding hydrogens is 365 g/mol. The lowest BCUT2D eigenvalue weighted by Crippen LogP contribution is -2.55. The van der Waals surface area contributed by atoms with Gasteiger partial charge in [0.25, 0.3) is 5.34 Å². The van der Waals surface area contributed by atoms with Crippen molar-refractivity contribution in [3.05, 3.63) is 35.4 Å². The Kier molecular flexibility index (Phi) is 6.99. The normalized spacial score (nSPS) is 26.6. The summed E-state index contributed by atoms with van der Waals surface area (Å²) in [6.07, 6.45) is 6.51. The minimum Gasteiger partial charge on any atom is -0.478 e. The number of carbonyl (C=O) groups is 1. The van der Waals surface area contributed by atoms with Gasteiger partial charge in [0.2, 0.25) is 0 Å². The van der Waals surface area contributed by atoms with E-state index in [1.54, 1.807) is 18.2 Å². The van der Waals surface area contributed by atoms with Crippen molar-refractivity contribution in [1.82, 2.24) is 5.32 Å². The van der Waals surface area contributed by atoms with Crippen LogP contribution < -0.4 is 5.32 Å². The fourth-order valence-electron chi connectivity index (χ4n) is 4.25. The highest BCUT2D eigenvalue weighted by Gasteiger charge is 2.49. The molecule has 1 heterocycles. The number of morpholine rings is 1. The smallest absolute Gasteiger partial charge is 0.362 e. The van der Waals surface area contributed by atoms with Crippen molar-refractivity contribution >= 4 is 14.4 Å². The van der Waals surface area contributed by atoms with Gasteiger partial charge in [-0.05, 0) is 30.0 Å². The van der Waals surface area contributed by atoms with Crippen molar-refractivity contribution in [3.63, 3.8) is 0 Å². The summed E-state index contributed by atoms with van der Waals surface area (Å²) in [5.41, 5.74) is 1.20. The Morgan fingerprint density at radius 3 is 2.70 bits per heavy atom. The zero-order chi connectivity index (χ0) is 19.3. The monoisotopic (exact) mass is 394 g/mol. The minimum atomic E-state index is -1.29. The number of carboxylic acids is 1. The molecule has 0 radical (unpaired) electrons. The molecule has 0 amide bonds. The van der Waals surface area contributed by atoms with Crippen molar-refractivity contribution in [2.45, 2.75) is 62.4 Å². The lowest BCUT2D eigenvalue weighted by molar-refractivity contribution is -0.0942. The van der Waals surface area contributed by atoms with Gasteiger partial charge in [-0.25, -0.2) is 4.79 Å². The zero-order valence-corrected chi connectivity index (χ0v) is 16.5. The maximum absolute atomic E-state index is 11.8. The fourth-order valence-corrected chi connectivity index (χ4v) is 4.94. The first kappa shape index (κ1) is 20.4. The Hall–Kier alpha value is -1.33. The summed E-state index contributed by atoms with van der Waals surface area (Å²) < 4.78 is 17.7. The zero-order valence-electron chi connectivity index (χ0n) is 15.5. The number of ether oxygens (including phenoxy) is 1. The molecule has 0 aromatic heterocycles. The fraction of sp³-hybridized carbons (Fsp3) is 0.650. The van der Waals surface area contributed by atoms with Gasteiger partial charge in [-0.15, -0.1) is 0 Å². The molecule has 1 aromatic carbocycles. The van der Waals surface area contributed by atoms with Gasteiger partial charge in [0.05, 0.1) is 12.2 Å². The van der Waals surface area contributed by atoms with Crippen molar-refractivity contribution in [2.24, 2.45) is 5.92 Å². The molecule has 3 rings (SSSR count). The molecule has 27 heavy (non-hydrogen) atoms. The number of aromatic carboxylic acids is 1. The first-order valence-electron chi connectivity index (χ1n) is 9.79. The second-order valence-corrected chi connectivity index (χ2v) is 8.94. The van der Waals surface area contributed by atoms with Crippen LogP contribution >= 0.6 is 8.46 Å². The van der Waals surface area contributed by atoms with Gasteiger partial charge in [0, 0.05) is 19.0 Å². The van der Waals surface area contributed by atoms with E-state index in [4.69, 9.17) is 9.84 Å². The Bertz CT molecular complexity index is 656. The number of hydrogen-bond acceptors (Lipinski definition) is 5. The van der Waals surface area contributed by atoms with Gasteiger partial charge in [-0.3, -0.25) is 0 Å². The van der Waals surface area contributed by atoms with Crippen LogP contribution in [0.4, 0.5) is 0 Å². The molecular formula is C20H29NO5P+. The van der Waals surface area contributed by atoms with E-state index in [1.165, 1.54) is 19.3 Å². The number of carboxylic acid groups (broad SMARTS) is 1. The third-order valence-electron chi connectivity index (χ3n) is 5.78. The van der Waals surface area contributed by atoms with Crippen molar-refractivity contribution < 1.29 is 24.3 Å². The minimum absolute atomic E-state index is 0.0409. The predicted octanol–water partition coefficient (Wildman–Crippen LogP) is 2.97. The van der Waals surface area contributed by atoms with Crippen LogP contribution in [0, 0.1) is 5.92 Å². The van der Waals surface area contributed by atoms with Crippen LogP contribution in [-0.2, 0) is 15.7 Å². The van der Waals surface area contributed by atoms with E-state index in [2.05, 4.69) is 5.32 Å². The molecule has 2 fully saturated rings. The molecule has 0 spiro atoms. The Morgan fingerprint density at radius 2 is 2.07 bits per heavy atom. The summed E-state index contributed by atoms with van der Waals surface area (Å²) in [7, 11) is -0.807. The van der Waals surface area contributed by atoms with Crippen LogP contribution in [0.15, 0.2) is 24.3 Å². The molecule has 3 N–H and O–H groups in total. The van der Waals surface area contributed by atoms with Gasteiger partial charge < -0.3 is 20.3 Å². The first-order chi connectivity index (χ1) is 13.0. The maximum atomic E-state index is 11.8.